The molecule has 1 rings (SSSR count). The second kappa shape index (κ2) is 18.1. The first kappa shape index (κ1) is 28.3. The molecule has 0 bridgehead atoms. The van der Waals surface area contributed by atoms with Gasteiger partial charge in [0.2, 0.25) is 0 Å². The lowest BCUT2D eigenvalue weighted by molar-refractivity contribution is 0.0939. The minimum atomic E-state index is -1.01. The van der Waals surface area contributed by atoms with Gasteiger partial charge < -0.3 is 15.5 Å². The van der Waals surface area contributed by atoms with E-state index in [1.807, 2.05) is 0 Å². The molecule has 0 heterocycles. The summed E-state index contributed by atoms with van der Waals surface area (Å²) in [4.78, 5) is 11.5. The second-order valence-electron chi connectivity index (χ2n) is 7.64. The maximum Gasteiger partial charge on any atom is 0.290 e. The second-order valence-corrected chi connectivity index (χ2v) is 8.74. The number of nitrogens with one attached hydrogen (secondary N) is 1. The third-order valence-electron chi connectivity index (χ3n) is 4.79. The largest absolute Gasteiger partial charge is 0.394 e. The minimum absolute atomic E-state index is 0.306. The quantitative estimate of drug-likeness (QED) is 0.173. The van der Waals surface area contributed by atoms with Gasteiger partial charge in [-0.2, -0.15) is 0 Å². The van der Waals surface area contributed by atoms with Crippen LogP contribution in [-0.2, 0) is 12.8 Å². The summed E-state index contributed by atoms with van der Waals surface area (Å²) in [5.41, 5.74) is 1.47. The lowest BCUT2D eigenvalue weighted by atomic mass is 9.92. The van der Waals surface area contributed by atoms with E-state index in [4.69, 9.17) is 0 Å². The lowest BCUT2D eigenvalue weighted by Crippen LogP contribution is -2.53. The molecule has 0 aliphatic carbocycles. The molecule has 29 heavy (non-hydrogen) atoms. The average Bonchev–Trinajstić information content (AvgIpc) is 2.75. The molecular formula is C23H41NO3S2. The van der Waals surface area contributed by atoms with Crippen LogP contribution < -0.4 is 5.32 Å². The Morgan fingerprint density at radius 3 is 1.90 bits per heavy atom. The summed E-state index contributed by atoms with van der Waals surface area (Å²) in [6.45, 7) is 5.87. The number of aryl methyl sites for hydroxylation is 2. The molecular weight excluding hydrogens is 402 g/mol. The number of aliphatic hydroxyl groups excluding tert-OH is 2. The zero-order valence-corrected chi connectivity index (χ0v) is 20.2. The van der Waals surface area contributed by atoms with Gasteiger partial charge in [0.25, 0.3) is 5.24 Å². The zero-order chi connectivity index (χ0) is 22.0. The Morgan fingerprint density at radius 2 is 1.41 bits per heavy atom. The molecule has 0 saturated carbocycles. The molecule has 1 aromatic rings. The number of hydrogen-bond donors (Lipinski definition) is 4. The number of unbranched alkanes of at least 4 members (excludes halogenated alkanes) is 5. The molecule has 0 atom stereocenters. The highest BCUT2D eigenvalue weighted by Gasteiger charge is 2.30. The first-order valence-corrected chi connectivity index (χ1v) is 12.8. The van der Waals surface area contributed by atoms with Crippen LogP contribution in [0.4, 0.5) is 4.79 Å². The zero-order valence-electron chi connectivity index (χ0n) is 18.5. The van der Waals surface area contributed by atoms with Crippen LogP contribution in [0.2, 0.25) is 0 Å². The van der Waals surface area contributed by atoms with Crippen LogP contribution in [0, 0.1) is 0 Å². The fourth-order valence-corrected chi connectivity index (χ4v) is 3.35. The van der Waals surface area contributed by atoms with E-state index < -0.39 is 5.54 Å². The Kier molecular flexibility index (Phi) is 17.7. The molecule has 1 amide bonds. The maximum atomic E-state index is 11.5. The molecule has 0 saturated heterocycles. The Hall–Kier alpha value is -0.690. The van der Waals surface area contributed by atoms with Gasteiger partial charge in [-0.15, -0.1) is 11.7 Å². The van der Waals surface area contributed by atoms with Crippen molar-refractivity contribution in [2.24, 2.45) is 0 Å². The predicted octanol–water partition coefficient (Wildman–Crippen LogP) is 5.95. The molecule has 0 fully saturated rings. The van der Waals surface area contributed by atoms with E-state index in [2.05, 4.69) is 62.0 Å². The van der Waals surface area contributed by atoms with Gasteiger partial charge in [0.15, 0.2) is 0 Å². The summed E-state index contributed by atoms with van der Waals surface area (Å²) >= 11 is 3.85. The SMILES string of the molecule is CCC.CCCCCCCCc1ccc(CCC(CO)(CO)NC(=O)SS)cc1. The van der Waals surface area contributed by atoms with Crippen LogP contribution >= 0.6 is 22.5 Å². The van der Waals surface area contributed by atoms with Crippen LogP contribution in [0.15, 0.2) is 24.3 Å². The van der Waals surface area contributed by atoms with Crippen LogP contribution in [0.1, 0.15) is 83.3 Å². The number of carbonyl (C=O) groups excluding carboxylic acids is 1. The molecule has 0 unspecified atom stereocenters. The number of thiol groups is 1. The summed E-state index contributed by atoms with van der Waals surface area (Å²) in [6.07, 6.45) is 11.3. The van der Waals surface area contributed by atoms with Crippen molar-refractivity contribution in [2.45, 2.75) is 90.5 Å². The van der Waals surface area contributed by atoms with Crippen LogP contribution in [0.25, 0.3) is 0 Å². The third-order valence-corrected chi connectivity index (χ3v) is 5.56. The van der Waals surface area contributed by atoms with Gasteiger partial charge in [0.1, 0.15) is 0 Å². The predicted molar refractivity (Wildman–Crippen MR) is 130 cm³/mol. The molecule has 3 N–H and O–H groups in total. The third kappa shape index (κ3) is 13.3. The summed E-state index contributed by atoms with van der Waals surface area (Å²) in [5, 5.41) is 21.5. The minimum Gasteiger partial charge on any atom is -0.394 e. The summed E-state index contributed by atoms with van der Waals surface area (Å²) < 4.78 is 0. The maximum absolute atomic E-state index is 11.5. The van der Waals surface area contributed by atoms with Gasteiger partial charge in [0, 0.05) is 10.8 Å². The molecule has 0 spiro atoms. The highest BCUT2D eigenvalue weighted by Crippen LogP contribution is 2.18. The summed E-state index contributed by atoms with van der Waals surface area (Å²) in [7, 11) is 0.742. The Morgan fingerprint density at radius 1 is 0.931 bits per heavy atom. The van der Waals surface area contributed by atoms with E-state index >= 15 is 0 Å². The van der Waals surface area contributed by atoms with E-state index in [1.54, 1.807) is 0 Å². The first-order valence-electron chi connectivity index (χ1n) is 10.9. The smallest absolute Gasteiger partial charge is 0.290 e. The fourth-order valence-electron chi connectivity index (χ4n) is 2.95. The van der Waals surface area contributed by atoms with Gasteiger partial charge in [-0.3, -0.25) is 4.79 Å². The number of rotatable bonds is 13. The van der Waals surface area contributed by atoms with Crippen molar-refractivity contribution < 1.29 is 15.0 Å². The molecule has 1 aromatic carbocycles. The van der Waals surface area contributed by atoms with Gasteiger partial charge >= 0.3 is 0 Å². The number of aliphatic hydroxyl groups is 2. The van der Waals surface area contributed by atoms with E-state index in [0.29, 0.717) is 12.8 Å². The molecule has 6 heteroatoms. The molecule has 0 aliphatic rings. The van der Waals surface area contributed by atoms with E-state index in [1.165, 1.54) is 50.5 Å². The highest BCUT2D eigenvalue weighted by molar-refractivity contribution is 8.74. The van der Waals surface area contributed by atoms with E-state index in [0.717, 1.165) is 22.8 Å². The topological polar surface area (TPSA) is 69.6 Å². The Bertz CT molecular complexity index is 519. The number of hydrogen-bond acceptors (Lipinski definition) is 5. The first-order chi connectivity index (χ1) is 14.0. The number of amides is 1. The Labute approximate surface area is 187 Å². The van der Waals surface area contributed by atoms with Crippen LogP contribution in [-0.4, -0.2) is 34.2 Å². The summed E-state index contributed by atoms with van der Waals surface area (Å²) in [6, 6.07) is 8.51. The lowest BCUT2D eigenvalue weighted by Gasteiger charge is -2.30. The van der Waals surface area contributed by atoms with E-state index in [9.17, 15) is 15.0 Å². The van der Waals surface area contributed by atoms with E-state index in [-0.39, 0.29) is 18.5 Å². The van der Waals surface area contributed by atoms with Crippen molar-refractivity contribution in [3.8, 4) is 0 Å². The van der Waals surface area contributed by atoms with Crippen molar-refractivity contribution in [1.82, 2.24) is 5.32 Å². The van der Waals surface area contributed by atoms with Gasteiger partial charge in [-0.05, 0) is 36.8 Å². The standard InChI is InChI=1S/C20H33NO3S2.C3H8/c1-2-3-4-5-6-7-8-17-9-11-18(12-10-17)13-14-20(15-22,16-23)21-19(24)26-25;1-3-2/h9-12,22-23,25H,2-8,13-16H2,1H3,(H,21,24);3H2,1-2H3. The molecule has 168 valence electrons. The number of carbonyl (C=O) groups is 1. The van der Waals surface area contributed by atoms with Crippen molar-refractivity contribution in [3.63, 3.8) is 0 Å². The van der Waals surface area contributed by atoms with Gasteiger partial charge in [-0.1, -0.05) is 83.6 Å². The van der Waals surface area contributed by atoms with Gasteiger partial charge in [-0.25, -0.2) is 0 Å². The average molecular weight is 444 g/mol. The Balaban J connectivity index is 0.00000245. The molecule has 4 nitrogen and oxygen atoms in total. The monoisotopic (exact) mass is 443 g/mol. The van der Waals surface area contributed by atoms with Crippen LogP contribution in [0.5, 0.6) is 0 Å². The molecule has 0 aromatic heterocycles. The van der Waals surface area contributed by atoms with Crippen molar-refractivity contribution in [1.29, 1.82) is 0 Å². The van der Waals surface area contributed by atoms with Crippen LogP contribution in [0.3, 0.4) is 0 Å². The normalized spacial score (nSPS) is 11.0. The molecule has 0 radical (unpaired) electrons. The van der Waals surface area contributed by atoms with Crippen molar-refractivity contribution in [3.05, 3.63) is 35.4 Å². The van der Waals surface area contributed by atoms with Gasteiger partial charge in [0.05, 0.1) is 18.8 Å². The highest BCUT2D eigenvalue weighted by atomic mass is 33.1. The fraction of sp³-hybridized carbons (Fsp3) is 0.696. The number of benzene rings is 1. The van der Waals surface area contributed by atoms with Crippen molar-refractivity contribution >= 4 is 27.7 Å². The molecule has 0 aliphatic heterocycles. The van der Waals surface area contributed by atoms with Crippen molar-refractivity contribution in [2.75, 3.05) is 13.2 Å². The summed E-state index contributed by atoms with van der Waals surface area (Å²) in [5.74, 6) is 0.